The third-order valence-electron chi connectivity index (χ3n) is 6.17. The van der Waals surface area contributed by atoms with Crippen molar-refractivity contribution in [2.45, 2.75) is 51.2 Å². The molecule has 7 nitrogen and oxygen atoms in total. The van der Waals surface area contributed by atoms with Gasteiger partial charge in [0.2, 0.25) is 5.91 Å². The molecule has 0 radical (unpaired) electrons. The number of carbonyl (C=O) groups excluding carboxylic acids is 2. The Hall–Kier alpha value is -3.14. The highest BCUT2D eigenvalue weighted by Crippen LogP contribution is 2.45. The average Bonchev–Trinajstić information content (AvgIpc) is 2.95. The maximum absolute atomic E-state index is 13.9. The van der Waals surface area contributed by atoms with Crippen molar-refractivity contribution in [3.63, 3.8) is 0 Å². The highest BCUT2D eigenvalue weighted by Gasteiger charge is 2.45. The van der Waals surface area contributed by atoms with Crippen LogP contribution < -0.4 is 15.0 Å². The predicted molar refractivity (Wildman–Crippen MR) is 113 cm³/mol. The molecule has 10 heteroatoms. The SMILES string of the molecule is CC1(NC(=O)c2ccc3c(c2)C(C)(C)C(=O)N3c2cc(OC(F)F)c(F)cn2)CCOCC1. The van der Waals surface area contributed by atoms with E-state index in [0.717, 1.165) is 12.3 Å². The van der Waals surface area contributed by atoms with Crippen LogP contribution in [-0.4, -0.2) is 42.2 Å². The molecule has 2 aromatic rings. The number of carbonyl (C=O) groups is 2. The van der Waals surface area contributed by atoms with E-state index in [1.54, 1.807) is 32.0 Å². The maximum atomic E-state index is 13.9. The van der Waals surface area contributed by atoms with Crippen LogP contribution in [0.2, 0.25) is 0 Å². The van der Waals surface area contributed by atoms with Gasteiger partial charge in [0.05, 0.1) is 17.3 Å². The Morgan fingerprint density at radius 3 is 2.58 bits per heavy atom. The molecule has 4 rings (SSSR count). The molecule has 1 fully saturated rings. The summed E-state index contributed by atoms with van der Waals surface area (Å²) >= 11 is 0. The molecule has 1 saturated heterocycles. The maximum Gasteiger partial charge on any atom is 0.387 e. The second-order valence-electron chi connectivity index (χ2n) is 8.98. The summed E-state index contributed by atoms with van der Waals surface area (Å²) in [5.74, 6) is -2.51. The van der Waals surface area contributed by atoms with Crippen LogP contribution in [-0.2, 0) is 14.9 Å². The lowest BCUT2D eigenvalue weighted by Gasteiger charge is -2.34. The summed E-state index contributed by atoms with van der Waals surface area (Å²) in [5, 5.41) is 3.06. The van der Waals surface area contributed by atoms with Crippen LogP contribution >= 0.6 is 0 Å². The minimum atomic E-state index is -3.23. The van der Waals surface area contributed by atoms with Gasteiger partial charge in [-0.3, -0.25) is 14.5 Å². The first-order valence-electron chi connectivity index (χ1n) is 10.5. The molecule has 2 aliphatic heterocycles. The number of amides is 2. The monoisotopic (exact) mass is 463 g/mol. The van der Waals surface area contributed by atoms with E-state index in [2.05, 4.69) is 15.0 Å². The van der Waals surface area contributed by atoms with Gasteiger partial charge in [0.15, 0.2) is 11.6 Å². The first kappa shape index (κ1) is 23.0. The fourth-order valence-corrected chi connectivity index (χ4v) is 4.12. The fourth-order valence-electron chi connectivity index (χ4n) is 4.12. The number of rotatable bonds is 5. The highest BCUT2D eigenvalue weighted by molar-refractivity contribution is 6.12. The van der Waals surface area contributed by atoms with Gasteiger partial charge in [-0.15, -0.1) is 0 Å². The van der Waals surface area contributed by atoms with Crippen molar-refractivity contribution in [3.8, 4) is 5.75 Å². The summed E-state index contributed by atoms with van der Waals surface area (Å²) in [7, 11) is 0. The van der Waals surface area contributed by atoms with E-state index in [0.29, 0.717) is 42.9 Å². The smallest absolute Gasteiger partial charge is 0.387 e. The molecule has 0 bridgehead atoms. The Balaban J connectivity index is 1.68. The molecule has 1 aromatic carbocycles. The quantitative estimate of drug-likeness (QED) is 0.723. The average molecular weight is 463 g/mol. The van der Waals surface area contributed by atoms with Crippen molar-refractivity contribution in [1.29, 1.82) is 0 Å². The number of aromatic nitrogens is 1. The van der Waals surface area contributed by atoms with Crippen LogP contribution in [0.1, 0.15) is 49.5 Å². The van der Waals surface area contributed by atoms with Gasteiger partial charge in [0, 0.05) is 30.4 Å². The Labute approximate surface area is 188 Å². The molecule has 2 amide bonds. The third kappa shape index (κ3) is 4.27. The van der Waals surface area contributed by atoms with E-state index in [1.165, 1.54) is 4.90 Å². The van der Waals surface area contributed by atoms with E-state index in [1.807, 2.05) is 6.92 Å². The lowest BCUT2D eigenvalue weighted by Crippen LogP contribution is -2.49. The number of nitrogens with one attached hydrogen (secondary N) is 1. The van der Waals surface area contributed by atoms with Gasteiger partial charge in [0.25, 0.3) is 5.91 Å². The summed E-state index contributed by atoms with van der Waals surface area (Å²) in [5.41, 5.74) is -0.0302. The Morgan fingerprint density at radius 1 is 1.21 bits per heavy atom. The third-order valence-corrected chi connectivity index (χ3v) is 6.17. The van der Waals surface area contributed by atoms with Crippen molar-refractivity contribution in [2.75, 3.05) is 18.1 Å². The normalized spacial score (nSPS) is 18.9. The Kier molecular flexibility index (Phi) is 5.81. The summed E-state index contributed by atoms with van der Waals surface area (Å²) in [6.07, 6.45) is 2.11. The molecule has 0 unspecified atom stereocenters. The van der Waals surface area contributed by atoms with Gasteiger partial charge in [0.1, 0.15) is 5.82 Å². The molecule has 33 heavy (non-hydrogen) atoms. The first-order chi connectivity index (χ1) is 15.5. The summed E-state index contributed by atoms with van der Waals surface area (Å²) in [6.45, 7) is 3.26. The lowest BCUT2D eigenvalue weighted by molar-refractivity contribution is -0.121. The number of benzene rings is 1. The summed E-state index contributed by atoms with van der Waals surface area (Å²) in [6, 6.07) is 5.78. The van der Waals surface area contributed by atoms with Gasteiger partial charge in [-0.25, -0.2) is 9.37 Å². The number of hydrogen-bond acceptors (Lipinski definition) is 5. The number of hydrogen-bond donors (Lipinski definition) is 1. The number of alkyl halides is 2. The van der Waals surface area contributed by atoms with Gasteiger partial charge in [-0.1, -0.05) is 0 Å². The first-order valence-corrected chi connectivity index (χ1v) is 10.5. The van der Waals surface area contributed by atoms with E-state index >= 15 is 0 Å². The molecule has 0 aliphatic carbocycles. The van der Waals surface area contributed by atoms with Crippen molar-refractivity contribution in [1.82, 2.24) is 10.3 Å². The number of pyridine rings is 1. The molecular formula is C23H24F3N3O4. The fraction of sp³-hybridized carbons (Fsp3) is 0.435. The zero-order valence-corrected chi connectivity index (χ0v) is 18.5. The van der Waals surface area contributed by atoms with Crippen molar-refractivity contribution >= 4 is 23.3 Å². The van der Waals surface area contributed by atoms with Crippen molar-refractivity contribution in [3.05, 3.63) is 47.4 Å². The second kappa shape index (κ2) is 8.33. The van der Waals surface area contributed by atoms with Crippen LogP contribution in [0, 0.1) is 5.82 Å². The molecule has 1 N–H and O–H groups in total. The minimum Gasteiger partial charge on any atom is -0.431 e. The molecule has 3 heterocycles. The van der Waals surface area contributed by atoms with Gasteiger partial charge in [-0.2, -0.15) is 8.78 Å². The number of fused-ring (bicyclic) bond motifs is 1. The zero-order valence-electron chi connectivity index (χ0n) is 18.5. The van der Waals surface area contributed by atoms with Crippen LogP contribution in [0.3, 0.4) is 0 Å². The summed E-state index contributed by atoms with van der Waals surface area (Å²) < 4.78 is 48.7. The molecule has 176 valence electrons. The number of nitrogens with zero attached hydrogens (tertiary/aromatic N) is 2. The van der Waals surface area contributed by atoms with Gasteiger partial charge >= 0.3 is 6.61 Å². The number of halogens is 3. The predicted octanol–water partition coefficient (Wildman–Crippen LogP) is 4.08. The van der Waals surface area contributed by atoms with Crippen LogP contribution in [0.5, 0.6) is 5.75 Å². The summed E-state index contributed by atoms with van der Waals surface area (Å²) in [4.78, 5) is 31.3. The number of anilines is 2. The molecular weight excluding hydrogens is 439 g/mol. The van der Waals surface area contributed by atoms with Crippen LogP contribution in [0.4, 0.5) is 24.7 Å². The molecule has 2 aliphatic rings. The number of ether oxygens (including phenoxy) is 2. The van der Waals surface area contributed by atoms with Gasteiger partial charge < -0.3 is 14.8 Å². The zero-order chi connectivity index (χ0) is 24.0. The Bertz CT molecular complexity index is 1100. The molecule has 0 saturated carbocycles. The van der Waals surface area contributed by atoms with Crippen LogP contribution in [0.15, 0.2) is 30.5 Å². The van der Waals surface area contributed by atoms with Gasteiger partial charge in [-0.05, 0) is 57.4 Å². The Morgan fingerprint density at radius 2 is 1.91 bits per heavy atom. The minimum absolute atomic E-state index is 0.0595. The van der Waals surface area contributed by atoms with E-state index in [4.69, 9.17) is 4.74 Å². The van der Waals surface area contributed by atoms with Crippen molar-refractivity contribution in [2.24, 2.45) is 0 Å². The van der Waals surface area contributed by atoms with E-state index < -0.39 is 29.5 Å². The highest BCUT2D eigenvalue weighted by atomic mass is 19.3. The molecule has 0 atom stereocenters. The lowest BCUT2D eigenvalue weighted by atomic mass is 9.85. The standard InChI is InChI=1S/C23H24F3N3O4/c1-22(2)14-10-13(19(30)28-23(3)6-8-32-9-7-23)4-5-16(14)29(20(22)31)18-11-17(33-21(25)26)15(24)12-27-18/h4-5,10-12,21H,6-9H2,1-3H3,(H,28,30). The van der Waals surface area contributed by atoms with E-state index in [9.17, 15) is 22.8 Å². The van der Waals surface area contributed by atoms with E-state index in [-0.39, 0.29) is 17.3 Å². The second-order valence-corrected chi connectivity index (χ2v) is 8.98. The largest absolute Gasteiger partial charge is 0.431 e. The molecule has 1 aromatic heterocycles. The van der Waals surface area contributed by atoms with Crippen LogP contribution in [0.25, 0.3) is 0 Å². The van der Waals surface area contributed by atoms with Crippen molar-refractivity contribution < 1.29 is 32.2 Å². The topological polar surface area (TPSA) is 80.8 Å². The molecule has 0 spiro atoms.